The Morgan fingerprint density at radius 3 is 2.50 bits per heavy atom. The first-order valence-corrected chi connectivity index (χ1v) is 8.18. The number of carboxylic acid groups (broad SMARTS) is 1. The first-order chi connectivity index (χ1) is 12.8. The molecule has 3 rings (SSSR count). The van der Waals surface area contributed by atoms with Gasteiger partial charge in [0.15, 0.2) is 0 Å². The molecule has 5 nitrogen and oxygen atoms in total. The third-order valence-electron chi connectivity index (χ3n) is 3.65. The van der Waals surface area contributed by atoms with Crippen molar-refractivity contribution in [2.24, 2.45) is 0 Å². The van der Waals surface area contributed by atoms with Crippen LogP contribution < -0.4 is 40.0 Å². The number of carbonyl (C=O) groups excluding carboxylic acids is 2. The maximum absolute atomic E-state index is 13.6. The van der Waals surface area contributed by atoms with Gasteiger partial charge in [-0.3, -0.25) is 4.79 Å². The van der Waals surface area contributed by atoms with Crippen molar-refractivity contribution in [3.8, 4) is 0 Å². The molecule has 2 aromatic carbocycles. The Labute approximate surface area is 189 Å². The summed E-state index contributed by atoms with van der Waals surface area (Å²) in [4.78, 5) is 26.0. The number of H-pyrrole nitrogens is 1. The zero-order chi connectivity index (χ0) is 19.7. The number of aromatic amines is 1. The number of benzene rings is 2. The Balaban J connectivity index is 0.00000280. The zero-order valence-corrected chi connectivity index (χ0v) is 17.8. The van der Waals surface area contributed by atoms with Crippen molar-refractivity contribution in [1.82, 2.24) is 4.98 Å². The minimum atomic E-state index is -1.51. The number of halogens is 4. The van der Waals surface area contributed by atoms with Gasteiger partial charge in [0.1, 0.15) is 11.6 Å². The minimum Gasteiger partial charge on any atom is -0.543 e. The molecule has 28 heavy (non-hydrogen) atoms. The fraction of sp³-hybridized carbons (Fsp3) is 0. The van der Waals surface area contributed by atoms with Gasteiger partial charge in [-0.2, -0.15) is 0 Å². The quantitative estimate of drug-likeness (QED) is 0.471. The fourth-order valence-corrected chi connectivity index (χ4v) is 3.12. The second-order valence-corrected chi connectivity index (χ2v) is 6.30. The van der Waals surface area contributed by atoms with Gasteiger partial charge in [-0.25, -0.2) is 8.78 Å². The summed E-state index contributed by atoms with van der Waals surface area (Å²) in [5.41, 5.74) is -0.0844. The summed E-state index contributed by atoms with van der Waals surface area (Å²) in [5, 5.41) is 14.4. The molecule has 138 valence electrons. The molecule has 0 spiro atoms. The van der Waals surface area contributed by atoms with Gasteiger partial charge in [-0.05, 0) is 30.3 Å². The summed E-state index contributed by atoms with van der Waals surface area (Å²) in [6, 6.07) is 5.56. The molecule has 1 amide bonds. The van der Waals surface area contributed by atoms with Crippen LogP contribution in [0.4, 0.5) is 14.5 Å². The molecule has 0 aliphatic carbocycles. The smallest absolute Gasteiger partial charge is 0.543 e. The van der Waals surface area contributed by atoms with E-state index >= 15 is 0 Å². The van der Waals surface area contributed by atoms with Crippen LogP contribution in [-0.4, -0.2) is 16.9 Å². The van der Waals surface area contributed by atoms with Crippen LogP contribution in [0.2, 0.25) is 10.0 Å². The Bertz CT molecular complexity index is 1120. The number of hydrogen-bond acceptors (Lipinski definition) is 3. The average molecular weight is 433 g/mol. The number of nitrogens with one attached hydrogen (secondary N) is 2. The van der Waals surface area contributed by atoms with E-state index in [1.807, 2.05) is 0 Å². The maximum atomic E-state index is 13.6. The Kier molecular flexibility index (Phi) is 7.25. The number of hydrogen-bond donors (Lipinski definition) is 2. The average Bonchev–Trinajstić information content (AvgIpc) is 2.94. The number of rotatable bonds is 4. The fourth-order valence-electron chi connectivity index (χ4n) is 2.52. The van der Waals surface area contributed by atoms with Crippen molar-refractivity contribution >= 4 is 57.7 Å². The number of carboxylic acids is 1. The van der Waals surface area contributed by atoms with Gasteiger partial charge in [0.25, 0.3) is 0 Å². The molecule has 0 radical (unpaired) electrons. The van der Waals surface area contributed by atoms with E-state index in [9.17, 15) is 23.5 Å². The van der Waals surface area contributed by atoms with Crippen LogP contribution in [0, 0.1) is 11.6 Å². The van der Waals surface area contributed by atoms with Crippen LogP contribution >= 0.6 is 23.2 Å². The van der Waals surface area contributed by atoms with Crippen LogP contribution in [0.25, 0.3) is 17.0 Å². The van der Waals surface area contributed by atoms with Crippen molar-refractivity contribution in [1.29, 1.82) is 0 Å². The number of aromatic nitrogens is 1. The van der Waals surface area contributed by atoms with Gasteiger partial charge >= 0.3 is 29.6 Å². The van der Waals surface area contributed by atoms with Crippen molar-refractivity contribution < 1.29 is 53.0 Å². The first-order valence-electron chi connectivity index (χ1n) is 7.42. The second-order valence-electron chi connectivity index (χ2n) is 5.46. The molecule has 1 aromatic heterocycles. The Morgan fingerprint density at radius 1 is 1.14 bits per heavy atom. The van der Waals surface area contributed by atoms with Crippen molar-refractivity contribution in [2.75, 3.05) is 5.32 Å². The second kappa shape index (κ2) is 9.07. The summed E-state index contributed by atoms with van der Waals surface area (Å²) < 4.78 is 26.5. The van der Waals surface area contributed by atoms with Crippen LogP contribution in [-0.2, 0) is 4.79 Å². The molecule has 0 atom stereocenters. The summed E-state index contributed by atoms with van der Waals surface area (Å²) in [7, 11) is 0. The molecule has 0 fully saturated rings. The molecule has 0 aliphatic heterocycles. The summed E-state index contributed by atoms with van der Waals surface area (Å²) in [6.45, 7) is 0. The molecule has 2 N–H and O–H groups in total. The molecule has 0 aliphatic rings. The van der Waals surface area contributed by atoms with E-state index in [1.54, 1.807) is 0 Å². The van der Waals surface area contributed by atoms with Crippen molar-refractivity contribution in [2.45, 2.75) is 0 Å². The topological polar surface area (TPSA) is 85.0 Å². The van der Waals surface area contributed by atoms with E-state index in [1.165, 1.54) is 18.2 Å². The third kappa shape index (κ3) is 4.74. The first kappa shape index (κ1) is 22.4. The molecule has 0 saturated heterocycles. The SMILES string of the molecule is O=C(/C=C/c1c(C(=O)[O-])[nH]c2cc(Cl)cc(Cl)c12)Nc1ccc(F)cc1F.[Na+]. The van der Waals surface area contributed by atoms with Gasteiger partial charge in [0, 0.05) is 33.6 Å². The van der Waals surface area contributed by atoms with E-state index in [-0.39, 0.29) is 51.5 Å². The van der Waals surface area contributed by atoms with Gasteiger partial charge < -0.3 is 20.2 Å². The number of carbonyl (C=O) groups is 2. The third-order valence-corrected chi connectivity index (χ3v) is 4.16. The van der Waals surface area contributed by atoms with Crippen molar-refractivity contribution in [3.05, 3.63) is 69.3 Å². The van der Waals surface area contributed by atoms with Crippen LogP contribution in [0.5, 0.6) is 0 Å². The predicted molar refractivity (Wildman–Crippen MR) is 96.7 cm³/mol. The molecular weight excluding hydrogens is 424 g/mol. The van der Waals surface area contributed by atoms with Crippen molar-refractivity contribution in [3.63, 3.8) is 0 Å². The molecular formula is C18H9Cl2F2N2NaO3. The maximum Gasteiger partial charge on any atom is 1.00 e. The number of aromatic carboxylic acids is 1. The molecule has 10 heteroatoms. The number of fused-ring (bicyclic) bond motifs is 1. The minimum absolute atomic E-state index is 0. The normalized spacial score (nSPS) is 10.9. The van der Waals surface area contributed by atoms with Crippen LogP contribution in [0.3, 0.4) is 0 Å². The molecule has 1 heterocycles. The monoisotopic (exact) mass is 432 g/mol. The zero-order valence-electron chi connectivity index (χ0n) is 14.3. The van der Waals surface area contributed by atoms with E-state index < -0.39 is 23.5 Å². The van der Waals surface area contributed by atoms with Gasteiger partial charge in [-0.1, -0.05) is 23.2 Å². The molecule has 0 bridgehead atoms. The van der Waals surface area contributed by atoms with E-state index in [4.69, 9.17) is 23.2 Å². The molecule has 3 aromatic rings. The van der Waals surface area contributed by atoms with E-state index in [0.29, 0.717) is 22.0 Å². The summed E-state index contributed by atoms with van der Waals surface area (Å²) in [5.74, 6) is -4.00. The predicted octanol–water partition coefficient (Wildman–Crippen LogP) is 0.772. The Morgan fingerprint density at radius 2 is 1.86 bits per heavy atom. The molecule has 0 unspecified atom stereocenters. The number of anilines is 1. The van der Waals surface area contributed by atoms with Gasteiger partial charge in [0.05, 0.1) is 22.4 Å². The van der Waals surface area contributed by atoms with E-state index in [2.05, 4.69) is 10.3 Å². The summed E-state index contributed by atoms with van der Waals surface area (Å²) >= 11 is 12.0. The van der Waals surface area contributed by atoms with E-state index in [0.717, 1.165) is 18.2 Å². The largest absolute Gasteiger partial charge is 1.00 e. The van der Waals surface area contributed by atoms with Crippen LogP contribution in [0.1, 0.15) is 16.1 Å². The summed E-state index contributed by atoms with van der Waals surface area (Å²) in [6.07, 6.45) is 2.18. The number of amides is 1. The van der Waals surface area contributed by atoms with Gasteiger partial charge in [0.2, 0.25) is 5.91 Å². The Hall–Kier alpha value is -1.90. The van der Waals surface area contributed by atoms with Gasteiger partial charge in [-0.15, -0.1) is 0 Å². The molecule has 0 saturated carbocycles. The van der Waals surface area contributed by atoms with Crippen LogP contribution in [0.15, 0.2) is 36.4 Å². The standard InChI is InChI=1S/C18H10Cl2F2N2O3.Na/c19-8-5-11(20)16-10(17(18(26)27)24-14(16)6-8)2-4-15(25)23-13-3-1-9(21)7-12(13)22;/h1-7,24H,(H,23,25)(H,26,27);/q;+1/p-1/b4-2+;.